The van der Waals surface area contributed by atoms with Crippen molar-refractivity contribution in [2.24, 2.45) is 5.16 Å². The Hall–Kier alpha value is -1.12. The van der Waals surface area contributed by atoms with Gasteiger partial charge in [-0.15, -0.1) is 0 Å². The zero-order valence-electron chi connectivity index (χ0n) is 3.76. The van der Waals surface area contributed by atoms with Gasteiger partial charge in [-0.1, -0.05) is 11.7 Å². The standard InChI is InChI=1S/C4H5NO2/c1-3-4(6)7-5-2/h3H,1-2H2. The molecule has 0 aliphatic heterocycles. The lowest BCUT2D eigenvalue weighted by molar-refractivity contribution is -0.137. The summed E-state index contributed by atoms with van der Waals surface area (Å²) in [4.78, 5) is 13.9. The molecule has 0 spiro atoms. The summed E-state index contributed by atoms with van der Waals surface area (Å²) in [7, 11) is 0. The molecule has 0 aromatic carbocycles. The highest BCUT2D eigenvalue weighted by Crippen LogP contribution is 1.74. The van der Waals surface area contributed by atoms with Crippen LogP contribution in [0.4, 0.5) is 0 Å². The summed E-state index contributed by atoms with van der Waals surface area (Å²) < 4.78 is 0. The first-order chi connectivity index (χ1) is 3.31. The molecule has 0 rings (SSSR count). The first-order valence-corrected chi connectivity index (χ1v) is 1.60. The quantitative estimate of drug-likeness (QED) is 0.216. The highest BCUT2D eigenvalue weighted by molar-refractivity contribution is 5.81. The highest BCUT2D eigenvalue weighted by atomic mass is 16.7. The van der Waals surface area contributed by atoms with Gasteiger partial charge in [0.1, 0.15) is 0 Å². The van der Waals surface area contributed by atoms with Gasteiger partial charge in [0.15, 0.2) is 0 Å². The Morgan fingerprint density at radius 1 is 1.86 bits per heavy atom. The second kappa shape index (κ2) is 3.08. The third kappa shape index (κ3) is 2.69. The van der Waals surface area contributed by atoms with E-state index in [1.165, 1.54) is 0 Å². The molecule has 38 valence electrons. The Bertz CT molecular complexity index is 97.9. The zero-order valence-corrected chi connectivity index (χ0v) is 3.76. The molecular weight excluding hydrogens is 94.0 g/mol. The van der Waals surface area contributed by atoms with Crippen LogP contribution in [0.3, 0.4) is 0 Å². The molecule has 0 saturated heterocycles. The van der Waals surface area contributed by atoms with Crippen molar-refractivity contribution in [1.29, 1.82) is 0 Å². The normalized spacial score (nSPS) is 6.86. The minimum atomic E-state index is -0.588. The molecule has 0 bridgehead atoms. The maximum absolute atomic E-state index is 9.94. The summed E-state index contributed by atoms with van der Waals surface area (Å²) in [6, 6.07) is 0. The van der Waals surface area contributed by atoms with Crippen molar-refractivity contribution in [3.05, 3.63) is 12.7 Å². The predicted octanol–water partition coefficient (Wildman–Crippen LogP) is 0.331. The van der Waals surface area contributed by atoms with Crippen LogP contribution in [0.15, 0.2) is 17.8 Å². The number of oxime groups is 1. The minimum Gasteiger partial charge on any atom is -0.314 e. The molecule has 0 radical (unpaired) electrons. The molecule has 0 amide bonds. The molecular formula is C4H5NO2. The molecule has 3 heteroatoms. The third-order valence-electron chi connectivity index (χ3n) is 0.321. The molecule has 0 aromatic heterocycles. The maximum Gasteiger partial charge on any atom is 0.357 e. The van der Waals surface area contributed by atoms with E-state index in [0.29, 0.717) is 0 Å². The lowest BCUT2D eigenvalue weighted by atomic mass is 10.7. The van der Waals surface area contributed by atoms with E-state index in [-0.39, 0.29) is 0 Å². The Kier molecular flexibility index (Phi) is 2.59. The van der Waals surface area contributed by atoms with Gasteiger partial charge in [0.05, 0.1) is 0 Å². The Labute approximate surface area is 41.3 Å². The maximum atomic E-state index is 9.94. The Balaban J connectivity index is 3.36. The zero-order chi connectivity index (χ0) is 5.70. The molecule has 0 N–H and O–H groups in total. The van der Waals surface area contributed by atoms with Gasteiger partial charge in [0, 0.05) is 12.8 Å². The number of rotatable bonds is 2. The van der Waals surface area contributed by atoms with Crippen LogP contribution >= 0.6 is 0 Å². The van der Waals surface area contributed by atoms with E-state index >= 15 is 0 Å². The van der Waals surface area contributed by atoms with E-state index in [9.17, 15) is 4.79 Å². The molecule has 3 nitrogen and oxygen atoms in total. The van der Waals surface area contributed by atoms with Gasteiger partial charge in [0.2, 0.25) is 0 Å². The van der Waals surface area contributed by atoms with Crippen molar-refractivity contribution in [2.45, 2.75) is 0 Å². The first-order valence-electron chi connectivity index (χ1n) is 1.60. The van der Waals surface area contributed by atoms with Crippen molar-refractivity contribution in [3.8, 4) is 0 Å². The van der Waals surface area contributed by atoms with E-state index < -0.39 is 5.97 Å². The monoisotopic (exact) mass is 99.0 g/mol. The fourth-order valence-corrected chi connectivity index (χ4v) is 0.101. The van der Waals surface area contributed by atoms with Crippen molar-refractivity contribution in [3.63, 3.8) is 0 Å². The Morgan fingerprint density at radius 2 is 2.43 bits per heavy atom. The van der Waals surface area contributed by atoms with Crippen LogP contribution in [-0.2, 0) is 9.63 Å². The summed E-state index contributed by atoms with van der Waals surface area (Å²) in [5, 5.41) is 2.84. The second-order valence-electron chi connectivity index (χ2n) is 0.744. The average Bonchev–Trinajstić information content (AvgIpc) is 1.68. The lowest BCUT2D eigenvalue weighted by Crippen LogP contribution is -1.90. The van der Waals surface area contributed by atoms with Crippen LogP contribution in [0.5, 0.6) is 0 Å². The van der Waals surface area contributed by atoms with E-state index in [1.807, 2.05) is 0 Å². The molecule has 0 unspecified atom stereocenters. The minimum absolute atomic E-state index is 0.588. The molecule has 7 heavy (non-hydrogen) atoms. The van der Waals surface area contributed by atoms with Crippen LogP contribution < -0.4 is 0 Å². The largest absolute Gasteiger partial charge is 0.357 e. The summed E-state index contributed by atoms with van der Waals surface area (Å²) in [6.07, 6.45) is 1.01. The van der Waals surface area contributed by atoms with Crippen molar-refractivity contribution >= 4 is 12.7 Å². The van der Waals surface area contributed by atoms with E-state index in [2.05, 4.69) is 23.3 Å². The topological polar surface area (TPSA) is 38.7 Å². The first kappa shape index (κ1) is 5.88. The molecule has 0 aromatic rings. The van der Waals surface area contributed by atoms with Gasteiger partial charge in [-0.05, 0) is 0 Å². The molecule has 0 atom stereocenters. The number of nitrogens with zero attached hydrogens (tertiary/aromatic N) is 1. The van der Waals surface area contributed by atoms with Gasteiger partial charge in [-0.3, -0.25) is 0 Å². The molecule has 0 aliphatic rings. The number of hydrogen-bond acceptors (Lipinski definition) is 3. The summed E-state index contributed by atoms with van der Waals surface area (Å²) in [5.41, 5.74) is 0. The second-order valence-corrected chi connectivity index (χ2v) is 0.744. The average molecular weight is 99.1 g/mol. The van der Waals surface area contributed by atoms with Crippen molar-refractivity contribution in [2.75, 3.05) is 0 Å². The molecule has 0 saturated carbocycles. The van der Waals surface area contributed by atoms with Crippen LogP contribution in [0, 0.1) is 0 Å². The van der Waals surface area contributed by atoms with Crippen LogP contribution in [0.2, 0.25) is 0 Å². The third-order valence-corrected chi connectivity index (χ3v) is 0.321. The van der Waals surface area contributed by atoms with Gasteiger partial charge < -0.3 is 4.84 Å². The summed E-state index contributed by atoms with van der Waals surface area (Å²) >= 11 is 0. The molecule has 0 fully saturated rings. The molecule has 0 heterocycles. The summed E-state index contributed by atoms with van der Waals surface area (Å²) in [5.74, 6) is -0.588. The number of carbonyl (C=O) groups excluding carboxylic acids is 1. The van der Waals surface area contributed by atoms with Gasteiger partial charge >= 0.3 is 5.97 Å². The number of carbonyl (C=O) groups is 1. The van der Waals surface area contributed by atoms with Crippen LogP contribution in [0.1, 0.15) is 0 Å². The van der Waals surface area contributed by atoms with Crippen LogP contribution in [-0.4, -0.2) is 12.7 Å². The predicted molar refractivity (Wildman–Crippen MR) is 25.8 cm³/mol. The summed E-state index contributed by atoms with van der Waals surface area (Å²) in [6.45, 7) is 6.02. The van der Waals surface area contributed by atoms with Crippen molar-refractivity contribution in [1.82, 2.24) is 0 Å². The van der Waals surface area contributed by atoms with E-state index in [0.717, 1.165) is 6.08 Å². The van der Waals surface area contributed by atoms with Crippen molar-refractivity contribution < 1.29 is 9.63 Å². The van der Waals surface area contributed by atoms with E-state index in [4.69, 9.17) is 0 Å². The SMILES string of the molecule is C=CC(=O)ON=C. The highest BCUT2D eigenvalue weighted by Gasteiger charge is 1.86. The van der Waals surface area contributed by atoms with Crippen LogP contribution in [0.25, 0.3) is 0 Å². The van der Waals surface area contributed by atoms with E-state index in [1.54, 1.807) is 0 Å². The van der Waals surface area contributed by atoms with Gasteiger partial charge in [-0.25, -0.2) is 4.79 Å². The fraction of sp³-hybridized carbons (Fsp3) is 0. The van der Waals surface area contributed by atoms with Gasteiger partial charge in [0.25, 0.3) is 0 Å². The Morgan fingerprint density at radius 3 is 2.57 bits per heavy atom. The lowest BCUT2D eigenvalue weighted by Gasteiger charge is -1.82. The van der Waals surface area contributed by atoms with Gasteiger partial charge in [-0.2, -0.15) is 0 Å². The molecule has 0 aliphatic carbocycles. The fourth-order valence-electron chi connectivity index (χ4n) is 0.101. The number of hydrogen-bond donors (Lipinski definition) is 0. The smallest absolute Gasteiger partial charge is 0.314 e.